The lowest BCUT2D eigenvalue weighted by Gasteiger charge is -2.69. The fourth-order valence-electron chi connectivity index (χ4n) is 6.00. The molecule has 0 aromatic heterocycles. The van der Waals surface area contributed by atoms with E-state index in [1.165, 1.54) is 0 Å². The Balaban J connectivity index is 1.12. The number of hydrogen-bond acceptors (Lipinski definition) is 4. The molecule has 5 atom stereocenters. The first-order valence-electron chi connectivity index (χ1n) is 11.6. The summed E-state index contributed by atoms with van der Waals surface area (Å²) in [6.45, 7) is -2.40. The van der Waals surface area contributed by atoms with E-state index >= 15 is 0 Å². The molecule has 5 saturated carbocycles. The van der Waals surface area contributed by atoms with Gasteiger partial charge in [0.05, 0.1) is 23.0 Å². The Morgan fingerprint density at radius 1 is 1.06 bits per heavy atom. The van der Waals surface area contributed by atoms with Gasteiger partial charge in [0, 0.05) is 18.5 Å². The highest BCUT2D eigenvalue weighted by Crippen LogP contribution is 2.67. The molecule has 10 heteroatoms. The van der Waals surface area contributed by atoms with E-state index in [0.717, 1.165) is 12.8 Å². The third-order valence-electron chi connectivity index (χ3n) is 7.59. The van der Waals surface area contributed by atoms with E-state index in [1.807, 2.05) is 0 Å². The van der Waals surface area contributed by atoms with Crippen LogP contribution in [0.4, 0.5) is 13.2 Å². The normalized spacial score (nSPS) is 40.8. The standard InChI is InChI=1S/C22H32ClF3N2O4/c23-16-5-4-14(7-17(16)24)31-9-18(29)28-22-10-21(11-22,12-22)19(30)27-8-13-2-1-3-15(6-13)32-20(25)26/h13-17,20H,1-12H2,(H,27,30)(H,28,29). The molecule has 0 aromatic carbocycles. The zero-order valence-electron chi connectivity index (χ0n) is 18.1. The zero-order valence-corrected chi connectivity index (χ0v) is 18.9. The van der Waals surface area contributed by atoms with Crippen LogP contribution in [0.5, 0.6) is 0 Å². The summed E-state index contributed by atoms with van der Waals surface area (Å²) >= 11 is 5.87. The van der Waals surface area contributed by atoms with Crippen LogP contribution in [-0.2, 0) is 19.1 Å². The molecule has 0 saturated heterocycles. The third kappa shape index (κ3) is 5.36. The lowest BCUT2D eigenvalue weighted by molar-refractivity contribution is -0.185. The van der Waals surface area contributed by atoms with E-state index in [4.69, 9.17) is 16.3 Å². The van der Waals surface area contributed by atoms with Crippen molar-refractivity contribution < 1.29 is 32.2 Å². The molecule has 6 nitrogen and oxygen atoms in total. The summed E-state index contributed by atoms with van der Waals surface area (Å²) in [5.74, 6) is -0.115. The highest BCUT2D eigenvalue weighted by Gasteiger charge is 2.72. The molecule has 5 aliphatic carbocycles. The van der Waals surface area contributed by atoms with Crippen LogP contribution in [0.2, 0.25) is 0 Å². The first kappa shape index (κ1) is 24.1. The number of ether oxygens (including phenoxy) is 2. The van der Waals surface area contributed by atoms with Gasteiger partial charge in [-0.3, -0.25) is 9.59 Å². The average molecular weight is 481 g/mol. The smallest absolute Gasteiger partial charge is 0.345 e. The van der Waals surface area contributed by atoms with Gasteiger partial charge < -0.3 is 20.1 Å². The monoisotopic (exact) mass is 480 g/mol. The Labute approximate surface area is 191 Å². The molecule has 0 spiro atoms. The first-order valence-corrected chi connectivity index (χ1v) is 12.0. The molecule has 5 unspecified atom stereocenters. The van der Waals surface area contributed by atoms with Crippen LogP contribution >= 0.6 is 11.6 Å². The average Bonchev–Trinajstić information content (AvgIpc) is 2.68. The molecule has 2 bridgehead atoms. The summed E-state index contributed by atoms with van der Waals surface area (Å²) in [6, 6.07) is 0. The van der Waals surface area contributed by atoms with Crippen molar-refractivity contribution in [3.8, 4) is 0 Å². The predicted octanol–water partition coefficient (Wildman–Crippen LogP) is 3.45. The minimum atomic E-state index is -2.76. The van der Waals surface area contributed by atoms with Crippen LogP contribution in [0.3, 0.4) is 0 Å². The van der Waals surface area contributed by atoms with Gasteiger partial charge in [-0.05, 0) is 57.3 Å². The Bertz CT molecular complexity index is 693. The maximum atomic E-state index is 13.7. The lowest BCUT2D eigenvalue weighted by Crippen LogP contribution is -2.78. The van der Waals surface area contributed by atoms with Gasteiger partial charge in [0.2, 0.25) is 11.8 Å². The zero-order chi connectivity index (χ0) is 22.9. The number of halogens is 4. The van der Waals surface area contributed by atoms with Crippen molar-refractivity contribution in [2.75, 3.05) is 13.2 Å². The maximum Gasteiger partial charge on any atom is 0.345 e. The topological polar surface area (TPSA) is 76.7 Å². The number of rotatable bonds is 9. The maximum absolute atomic E-state index is 13.7. The van der Waals surface area contributed by atoms with E-state index in [9.17, 15) is 22.8 Å². The lowest BCUT2D eigenvalue weighted by atomic mass is 9.39. The molecule has 5 rings (SSSR count). The Morgan fingerprint density at radius 3 is 2.50 bits per heavy atom. The molecule has 0 aliphatic heterocycles. The summed E-state index contributed by atoms with van der Waals surface area (Å²) in [5, 5.41) is 5.49. The fraction of sp³-hybridized carbons (Fsp3) is 0.909. The Morgan fingerprint density at radius 2 is 1.81 bits per heavy atom. The molecule has 0 aromatic rings. The number of carbonyl (C=O) groups excluding carboxylic acids is 2. The molecule has 182 valence electrons. The minimum Gasteiger partial charge on any atom is -0.368 e. The third-order valence-corrected chi connectivity index (χ3v) is 8.08. The summed E-state index contributed by atoms with van der Waals surface area (Å²) in [7, 11) is 0. The van der Waals surface area contributed by atoms with Crippen LogP contribution in [0.1, 0.15) is 64.2 Å². The van der Waals surface area contributed by atoms with Crippen molar-refractivity contribution in [1.29, 1.82) is 0 Å². The summed E-state index contributed by atoms with van der Waals surface area (Å²) in [5.41, 5.74) is -0.767. The second kappa shape index (κ2) is 9.66. The second-order valence-electron chi connectivity index (χ2n) is 10.2. The van der Waals surface area contributed by atoms with Gasteiger partial charge in [-0.1, -0.05) is 6.42 Å². The van der Waals surface area contributed by atoms with E-state index in [0.29, 0.717) is 51.5 Å². The number of nitrogens with one attached hydrogen (secondary N) is 2. The van der Waals surface area contributed by atoms with Crippen molar-refractivity contribution in [2.24, 2.45) is 11.3 Å². The van der Waals surface area contributed by atoms with Crippen LogP contribution in [0.25, 0.3) is 0 Å². The summed E-state index contributed by atoms with van der Waals surface area (Å²) in [4.78, 5) is 24.9. The van der Waals surface area contributed by atoms with Gasteiger partial charge in [-0.25, -0.2) is 4.39 Å². The highest BCUT2D eigenvalue weighted by atomic mass is 35.5. The highest BCUT2D eigenvalue weighted by molar-refractivity contribution is 6.21. The molecule has 32 heavy (non-hydrogen) atoms. The molecule has 5 aliphatic rings. The fourth-order valence-corrected chi connectivity index (χ4v) is 6.23. The quantitative estimate of drug-likeness (QED) is 0.496. The Hall–Kier alpha value is -1.06. The van der Waals surface area contributed by atoms with Crippen molar-refractivity contribution in [2.45, 2.75) is 100 Å². The van der Waals surface area contributed by atoms with Crippen molar-refractivity contribution in [3.63, 3.8) is 0 Å². The Kier molecular flexibility index (Phi) is 7.27. The van der Waals surface area contributed by atoms with E-state index in [1.54, 1.807) is 0 Å². The number of amides is 2. The van der Waals surface area contributed by atoms with Crippen LogP contribution in [0, 0.1) is 11.3 Å². The SMILES string of the molecule is O=C(COC1CCC(Cl)C(F)C1)NC12CC(C(=O)NCC3CCCC(OC(F)F)C3)(C1)C2. The van der Waals surface area contributed by atoms with E-state index in [-0.39, 0.29) is 42.4 Å². The summed E-state index contributed by atoms with van der Waals surface area (Å²) in [6.07, 6.45) is 4.24. The van der Waals surface area contributed by atoms with E-state index in [2.05, 4.69) is 15.4 Å². The number of carbonyl (C=O) groups is 2. The molecule has 0 heterocycles. The first-order chi connectivity index (χ1) is 15.2. The van der Waals surface area contributed by atoms with Gasteiger partial charge in [0.15, 0.2) is 0 Å². The molecular formula is C22H32ClF3N2O4. The molecule has 2 N–H and O–H groups in total. The second-order valence-corrected chi connectivity index (χ2v) is 10.7. The van der Waals surface area contributed by atoms with Gasteiger partial charge in [-0.15, -0.1) is 11.6 Å². The van der Waals surface area contributed by atoms with Crippen LogP contribution in [-0.4, -0.2) is 60.9 Å². The summed E-state index contributed by atoms with van der Waals surface area (Å²) < 4.78 is 48.7. The largest absolute Gasteiger partial charge is 0.368 e. The van der Waals surface area contributed by atoms with Crippen LogP contribution < -0.4 is 10.6 Å². The molecule has 5 fully saturated rings. The number of hydrogen-bond donors (Lipinski definition) is 2. The predicted molar refractivity (Wildman–Crippen MR) is 111 cm³/mol. The van der Waals surface area contributed by atoms with Gasteiger partial charge in [0.1, 0.15) is 12.8 Å². The van der Waals surface area contributed by atoms with Gasteiger partial charge in [-0.2, -0.15) is 8.78 Å². The van der Waals surface area contributed by atoms with Crippen molar-refractivity contribution >= 4 is 23.4 Å². The van der Waals surface area contributed by atoms with Gasteiger partial charge in [0.25, 0.3) is 0 Å². The number of alkyl halides is 4. The van der Waals surface area contributed by atoms with E-state index < -0.39 is 29.7 Å². The van der Waals surface area contributed by atoms with Gasteiger partial charge >= 0.3 is 6.61 Å². The van der Waals surface area contributed by atoms with Crippen molar-refractivity contribution in [1.82, 2.24) is 10.6 Å². The van der Waals surface area contributed by atoms with Crippen molar-refractivity contribution in [3.05, 3.63) is 0 Å². The molecular weight excluding hydrogens is 449 g/mol. The minimum absolute atomic E-state index is 0.0198. The molecule has 0 radical (unpaired) electrons. The molecule has 2 amide bonds. The van der Waals surface area contributed by atoms with Crippen LogP contribution in [0.15, 0.2) is 0 Å².